The van der Waals surface area contributed by atoms with Crippen molar-refractivity contribution in [1.29, 1.82) is 0 Å². The van der Waals surface area contributed by atoms with Crippen LogP contribution in [0.15, 0.2) is 0 Å². The number of amides is 1. The average molecular weight is 214 g/mol. The Bertz CT molecular complexity index is 209. The molecule has 15 heavy (non-hydrogen) atoms. The minimum Gasteiger partial charge on any atom is -0.369 e. The first-order valence-electron chi connectivity index (χ1n) is 5.80. The molecule has 0 aromatic rings. The molecule has 0 aromatic heterocycles. The van der Waals surface area contributed by atoms with Crippen LogP contribution in [0.2, 0.25) is 0 Å². The van der Waals surface area contributed by atoms with Crippen molar-refractivity contribution >= 4 is 5.91 Å². The number of carbonyl (C=O) groups excluding carboxylic acids is 1. The second kappa shape index (κ2) is 6.08. The highest BCUT2D eigenvalue weighted by atomic mass is 16.5. The van der Waals surface area contributed by atoms with E-state index in [2.05, 4.69) is 17.6 Å². The standard InChI is InChI=1S/C11H22N2O2/c1-4-15-9(3)11(14)13-10-6-5-7-12-8(10)2/h8-10,12H,4-7H2,1-3H3,(H,13,14). The van der Waals surface area contributed by atoms with E-state index < -0.39 is 0 Å². The van der Waals surface area contributed by atoms with Gasteiger partial charge in [0.15, 0.2) is 0 Å². The van der Waals surface area contributed by atoms with Gasteiger partial charge in [0, 0.05) is 18.7 Å². The molecule has 2 N–H and O–H groups in total. The normalized spacial score (nSPS) is 28.5. The van der Waals surface area contributed by atoms with E-state index in [0.717, 1.165) is 19.4 Å². The molecule has 1 rings (SSSR count). The summed E-state index contributed by atoms with van der Waals surface area (Å²) in [5.74, 6) is -0.00241. The second-order valence-electron chi connectivity index (χ2n) is 4.10. The SMILES string of the molecule is CCOC(C)C(=O)NC1CCCNC1C. The number of carbonyl (C=O) groups is 1. The van der Waals surface area contributed by atoms with Gasteiger partial charge < -0.3 is 15.4 Å². The maximum atomic E-state index is 11.7. The van der Waals surface area contributed by atoms with Gasteiger partial charge >= 0.3 is 0 Å². The third-order valence-corrected chi connectivity index (χ3v) is 2.88. The number of hydrogen-bond acceptors (Lipinski definition) is 3. The van der Waals surface area contributed by atoms with Crippen LogP contribution in [0.4, 0.5) is 0 Å². The molecule has 88 valence electrons. The first-order chi connectivity index (χ1) is 7.15. The zero-order chi connectivity index (χ0) is 11.3. The molecule has 1 aliphatic heterocycles. The predicted octanol–water partition coefficient (Wildman–Crippen LogP) is 0.668. The molecule has 1 aliphatic rings. The maximum Gasteiger partial charge on any atom is 0.249 e. The van der Waals surface area contributed by atoms with Crippen LogP contribution in [0.1, 0.15) is 33.6 Å². The third kappa shape index (κ3) is 3.80. The van der Waals surface area contributed by atoms with Crippen LogP contribution >= 0.6 is 0 Å². The molecule has 0 aromatic carbocycles. The molecular weight excluding hydrogens is 192 g/mol. The molecule has 1 saturated heterocycles. The van der Waals surface area contributed by atoms with E-state index in [1.54, 1.807) is 6.92 Å². The zero-order valence-electron chi connectivity index (χ0n) is 9.88. The molecule has 0 bridgehead atoms. The lowest BCUT2D eigenvalue weighted by molar-refractivity contribution is -0.132. The van der Waals surface area contributed by atoms with Crippen molar-refractivity contribution in [2.24, 2.45) is 0 Å². The van der Waals surface area contributed by atoms with E-state index in [4.69, 9.17) is 4.74 Å². The van der Waals surface area contributed by atoms with Crippen molar-refractivity contribution < 1.29 is 9.53 Å². The molecule has 4 heteroatoms. The van der Waals surface area contributed by atoms with Crippen molar-refractivity contribution in [2.45, 2.75) is 51.8 Å². The van der Waals surface area contributed by atoms with Crippen LogP contribution in [-0.2, 0) is 9.53 Å². The number of nitrogens with one attached hydrogen (secondary N) is 2. The summed E-state index contributed by atoms with van der Waals surface area (Å²) in [5, 5.41) is 6.38. The number of ether oxygens (including phenoxy) is 1. The number of rotatable bonds is 4. The molecule has 3 unspecified atom stereocenters. The smallest absolute Gasteiger partial charge is 0.249 e. The summed E-state index contributed by atoms with van der Waals surface area (Å²) >= 11 is 0. The van der Waals surface area contributed by atoms with Gasteiger partial charge in [-0.1, -0.05) is 0 Å². The minimum atomic E-state index is -0.343. The molecule has 0 saturated carbocycles. The first kappa shape index (κ1) is 12.5. The van der Waals surface area contributed by atoms with Gasteiger partial charge in [0.25, 0.3) is 0 Å². The summed E-state index contributed by atoms with van der Waals surface area (Å²) in [5.41, 5.74) is 0. The Labute approximate surface area is 91.8 Å². The summed E-state index contributed by atoms with van der Waals surface area (Å²) in [6.45, 7) is 7.42. The largest absolute Gasteiger partial charge is 0.369 e. The lowest BCUT2D eigenvalue weighted by Crippen LogP contribution is -2.53. The molecule has 1 fully saturated rings. The Balaban J connectivity index is 2.35. The molecule has 1 amide bonds. The van der Waals surface area contributed by atoms with Gasteiger partial charge in [0.2, 0.25) is 5.91 Å². The summed E-state index contributed by atoms with van der Waals surface area (Å²) in [4.78, 5) is 11.7. The number of hydrogen-bond donors (Lipinski definition) is 2. The minimum absolute atomic E-state index is 0.00241. The molecule has 0 aliphatic carbocycles. The summed E-state index contributed by atoms with van der Waals surface area (Å²) in [6, 6.07) is 0.602. The highest BCUT2D eigenvalue weighted by molar-refractivity contribution is 5.80. The Morgan fingerprint density at radius 1 is 1.67 bits per heavy atom. The van der Waals surface area contributed by atoms with Gasteiger partial charge in [-0.3, -0.25) is 4.79 Å². The molecule has 1 heterocycles. The quantitative estimate of drug-likeness (QED) is 0.723. The van der Waals surface area contributed by atoms with E-state index in [1.807, 2.05) is 6.92 Å². The molecular formula is C11H22N2O2. The van der Waals surface area contributed by atoms with Crippen molar-refractivity contribution in [3.8, 4) is 0 Å². The van der Waals surface area contributed by atoms with Crippen LogP contribution in [0, 0.1) is 0 Å². The van der Waals surface area contributed by atoms with Gasteiger partial charge in [0.05, 0.1) is 0 Å². The van der Waals surface area contributed by atoms with Gasteiger partial charge in [-0.15, -0.1) is 0 Å². The fourth-order valence-corrected chi connectivity index (χ4v) is 1.87. The molecule has 3 atom stereocenters. The van der Waals surface area contributed by atoms with Crippen molar-refractivity contribution in [1.82, 2.24) is 10.6 Å². The summed E-state index contributed by atoms with van der Waals surface area (Å²) in [6.07, 6.45) is 1.83. The highest BCUT2D eigenvalue weighted by Gasteiger charge is 2.24. The van der Waals surface area contributed by atoms with Crippen LogP contribution in [-0.4, -0.2) is 37.2 Å². The van der Waals surface area contributed by atoms with E-state index in [1.165, 1.54) is 0 Å². The lowest BCUT2D eigenvalue weighted by atomic mass is 10.00. The van der Waals surface area contributed by atoms with E-state index >= 15 is 0 Å². The molecule has 0 radical (unpaired) electrons. The van der Waals surface area contributed by atoms with Crippen molar-refractivity contribution in [3.05, 3.63) is 0 Å². The van der Waals surface area contributed by atoms with Gasteiger partial charge in [-0.05, 0) is 40.2 Å². The molecule has 0 spiro atoms. The summed E-state index contributed by atoms with van der Waals surface area (Å²) in [7, 11) is 0. The van der Waals surface area contributed by atoms with E-state index in [9.17, 15) is 4.79 Å². The maximum absolute atomic E-state index is 11.7. The third-order valence-electron chi connectivity index (χ3n) is 2.88. The Morgan fingerprint density at radius 3 is 3.00 bits per heavy atom. The van der Waals surface area contributed by atoms with Crippen LogP contribution in [0.5, 0.6) is 0 Å². The second-order valence-corrected chi connectivity index (χ2v) is 4.10. The molecule has 4 nitrogen and oxygen atoms in total. The van der Waals surface area contributed by atoms with Gasteiger partial charge in [0.1, 0.15) is 6.10 Å². The predicted molar refractivity (Wildman–Crippen MR) is 59.7 cm³/mol. The van der Waals surface area contributed by atoms with Crippen molar-refractivity contribution in [2.75, 3.05) is 13.2 Å². The number of piperidine rings is 1. The van der Waals surface area contributed by atoms with E-state index in [-0.39, 0.29) is 18.1 Å². The lowest BCUT2D eigenvalue weighted by Gasteiger charge is -2.31. The van der Waals surface area contributed by atoms with E-state index in [0.29, 0.717) is 12.6 Å². The fraction of sp³-hybridized carbons (Fsp3) is 0.909. The van der Waals surface area contributed by atoms with Crippen molar-refractivity contribution in [3.63, 3.8) is 0 Å². The zero-order valence-corrected chi connectivity index (χ0v) is 9.88. The monoisotopic (exact) mass is 214 g/mol. The van der Waals surface area contributed by atoms with Gasteiger partial charge in [-0.25, -0.2) is 0 Å². The summed E-state index contributed by atoms with van der Waals surface area (Å²) < 4.78 is 5.25. The van der Waals surface area contributed by atoms with Gasteiger partial charge in [-0.2, -0.15) is 0 Å². The Morgan fingerprint density at radius 2 is 2.40 bits per heavy atom. The van der Waals surface area contributed by atoms with Crippen LogP contribution < -0.4 is 10.6 Å². The van der Waals surface area contributed by atoms with Crippen LogP contribution in [0.25, 0.3) is 0 Å². The Hall–Kier alpha value is -0.610. The Kier molecular flexibility index (Phi) is 5.05. The first-order valence-corrected chi connectivity index (χ1v) is 5.80. The fourth-order valence-electron chi connectivity index (χ4n) is 1.87. The topological polar surface area (TPSA) is 50.4 Å². The van der Waals surface area contributed by atoms with Crippen LogP contribution in [0.3, 0.4) is 0 Å². The average Bonchev–Trinajstić information content (AvgIpc) is 2.21. The highest BCUT2D eigenvalue weighted by Crippen LogP contribution is 2.08.